The van der Waals surface area contributed by atoms with Crippen molar-refractivity contribution in [3.05, 3.63) is 33.3 Å². The molecule has 1 fully saturated rings. The molecular formula is C15H19BrClNO4. The standard InChI is InChI=1S/C15H19BrClNO4/c1-8-9(2)14(7-16)22-15(10(8)3)21-13-5-4-11(18(19)20)6-12(13)17/h4-6,8-10,14-15H,7H2,1-3H3/t8-,9-,10?,14?,15+/m0/s1. The number of nitrogens with zero attached hydrogens (tertiary/aromatic N) is 1. The van der Waals surface area contributed by atoms with E-state index in [1.807, 2.05) is 0 Å². The molecule has 2 unspecified atom stereocenters. The van der Waals surface area contributed by atoms with Crippen molar-refractivity contribution in [3.8, 4) is 5.75 Å². The molecule has 1 aromatic carbocycles. The van der Waals surface area contributed by atoms with E-state index in [4.69, 9.17) is 21.1 Å². The fraction of sp³-hybridized carbons (Fsp3) is 0.600. The first kappa shape index (κ1) is 17.5. The summed E-state index contributed by atoms with van der Waals surface area (Å²) in [4.78, 5) is 10.3. The van der Waals surface area contributed by atoms with Gasteiger partial charge in [0, 0.05) is 23.4 Å². The molecule has 1 aliphatic rings. The number of halogens is 2. The second-order valence-electron chi connectivity index (χ2n) is 5.76. The molecule has 0 radical (unpaired) electrons. The van der Waals surface area contributed by atoms with Crippen LogP contribution < -0.4 is 4.74 Å². The van der Waals surface area contributed by atoms with Gasteiger partial charge in [-0.15, -0.1) is 0 Å². The zero-order valence-electron chi connectivity index (χ0n) is 12.7. The molecular weight excluding hydrogens is 374 g/mol. The number of hydrogen-bond donors (Lipinski definition) is 0. The Morgan fingerprint density at radius 2 is 2.00 bits per heavy atom. The molecule has 1 heterocycles. The van der Waals surface area contributed by atoms with Gasteiger partial charge in [-0.05, 0) is 17.9 Å². The average molecular weight is 393 g/mol. The first-order valence-corrected chi connectivity index (χ1v) is 8.67. The number of hydrogen-bond acceptors (Lipinski definition) is 4. The molecule has 122 valence electrons. The van der Waals surface area contributed by atoms with E-state index in [0.717, 1.165) is 5.33 Å². The lowest BCUT2D eigenvalue weighted by Gasteiger charge is -2.42. The third-order valence-electron chi connectivity index (χ3n) is 4.50. The van der Waals surface area contributed by atoms with Crippen molar-refractivity contribution in [2.45, 2.75) is 33.2 Å². The van der Waals surface area contributed by atoms with Gasteiger partial charge in [-0.1, -0.05) is 48.3 Å². The quantitative estimate of drug-likeness (QED) is 0.425. The summed E-state index contributed by atoms with van der Waals surface area (Å²) in [6.45, 7) is 6.43. The summed E-state index contributed by atoms with van der Waals surface area (Å²) in [5, 5.41) is 11.7. The summed E-state index contributed by atoms with van der Waals surface area (Å²) in [5.41, 5.74) is -0.0599. The van der Waals surface area contributed by atoms with Crippen LogP contribution in [0.25, 0.3) is 0 Å². The molecule has 0 bridgehead atoms. The van der Waals surface area contributed by atoms with Crippen LogP contribution in [0.3, 0.4) is 0 Å². The molecule has 22 heavy (non-hydrogen) atoms. The second-order valence-corrected chi connectivity index (χ2v) is 6.82. The predicted octanol–water partition coefficient (Wildman–Crippen LogP) is 4.66. The lowest BCUT2D eigenvalue weighted by atomic mass is 9.79. The van der Waals surface area contributed by atoms with Gasteiger partial charge in [-0.25, -0.2) is 0 Å². The highest BCUT2D eigenvalue weighted by molar-refractivity contribution is 9.09. The van der Waals surface area contributed by atoms with Crippen LogP contribution in [0.5, 0.6) is 5.75 Å². The fourth-order valence-electron chi connectivity index (χ4n) is 2.62. The number of benzene rings is 1. The van der Waals surface area contributed by atoms with Crippen molar-refractivity contribution < 1.29 is 14.4 Å². The summed E-state index contributed by atoms with van der Waals surface area (Å²) < 4.78 is 11.9. The first-order chi connectivity index (χ1) is 10.3. The third kappa shape index (κ3) is 3.55. The van der Waals surface area contributed by atoms with Crippen LogP contribution in [0.15, 0.2) is 18.2 Å². The molecule has 0 aliphatic carbocycles. The summed E-state index contributed by atoms with van der Waals surface area (Å²) in [6, 6.07) is 4.18. The molecule has 5 atom stereocenters. The van der Waals surface area contributed by atoms with Crippen LogP contribution in [0.4, 0.5) is 5.69 Å². The monoisotopic (exact) mass is 391 g/mol. The molecule has 2 rings (SSSR count). The Morgan fingerprint density at radius 3 is 2.55 bits per heavy atom. The van der Waals surface area contributed by atoms with Crippen molar-refractivity contribution in [1.29, 1.82) is 0 Å². The molecule has 0 spiro atoms. The molecule has 0 saturated carbocycles. The topological polar surface area (TPSA) is 61.6 Å². The van der Waals surface area contributed by atoms with Crippen molar-refractivity contribution in [1.82, 2.24) is 0 Å². The molecule has 0 amide bonds. The van der Waals surface area contributed by atoms with E-state index < -0.39 is 11.2 Å². The molecule has 5 nitrogen and oxygen atoms in total. The van der Waals surface area contributed by atoms with Gasteiger partial charge in [0.15, 0.2) is 0 Å². The largest absolute Gasteiger partial charge is 0.463 e. The van der Waals surface area contributed by atoms with Crippen LogP contribution >= 0.6 is 27.5 Å². The molecule has 1 aromatic rings. The van der Waals surface area contributed by atoms with E-state index in [2.05, 4.69) is 36.7 Å². The maximum absolute atomic E-state index is 10.7. The Balaban J connectivity index is 2.17. The summed E-state index contributed by atoms with van der Waals surface area (Å²) in [7, 11) is 0. The minimum atomic E-state index is -0.486. The van der Waals surface area contributed by atoms with Gasteiger partial charge in [-0.2, -0.15) is 0 Å². The maximum atomic E-state index is 10.7. The zero-order valence-corrected chi connectivity index (χ0v) is 15.0. The van der Waals surface area contributed by atoms with E-state index in [1.54, 1.807) is 0 Å². The number of nitro groups is 1. The summed E-state index contributed by atoms with van der Waals surface area (Å²) in [5.74, 6) is 1.44. The van der Waals surface area contributed by atoms with Crippen molar-refractivity contribution in [2.75, 3.05) is 5.33 Å². The van der Waals surface area contributed by atoms with Gasteiger partial charge in [0.2, 0.25) is 6.29 Å². The van der Waals surface area contributed by atoms with Gasteiger partial charge in [0.1, 0.15) is 5.75 Å². The number of alkyl halides is 1. The van der Waals surface area contributed by atoms with Crippen molar-refractivity contribution >= 4 is 33.2 Å². The average Bonchev–Trinajstić information content (AvgIpc) is 2.49. The van der Waals surface area contributed by atoms with E-state index in [0.29, 0.717) is 17.6 Å². The van der Waals surface area contributed by atoms with Crippen LogP contribution in [0, 0.1) is 27.9 Å². The number of rotatable bonds is 4. The molecule has 0 aromatic heterocycles. The van der Waals surface area contributed by atoms with E-state index in [9.17, 15) is 10.1 Å². The fourth-order valence-corrected chi connectivity index (χ4v) is 3.58. The van der Waals surface area contributed by atoms with Gasteiger partial charge >= 0.3 is 0 Å². The zero-order chi connectivity index (χ0) is 16.4. The second kappa shape index (κ2) is 7.15. The Labute approximate surface area is 143 Å². The molecule has 1 saturated heterocycles. The van der Waals surface area contributed by atoms with Crippen LogP contribution in [-0.4, -0.2) is 22.6 Å². The van der Waals surface area contributed by atoms with E-state index in [-0.39, 0.29) is 22.7 Å². The molecule has 1 aliphatic heterocycles. The smallest absolute Gasteiger partial charge is 0.271 e. The van der Waals surface area contributed by atoms with Crippen LogP contribution in [-0.2, 0) is 4.74 Å². The van der Waals surface area contributed by atoms with Crippen LogP contribution in [0.1, 0.15) is 20.8 Å². The minimum Gasteiger partial charge on any atom is -0.463 e. The number of non-ortho nitro benzene ring substituents is 1. The molecule has 7 heteroatoms. The van der Waals surface area contributed by atoms with Crippen LogP contribution in [0.2, 0.25) is 5.02 Å². The Kier molecular flexibility index (Phi) is 5.69. The number of nitro benzene ring substituents is 1. The summed E-state index contributed by atoms with van der Waals surface area (Å²) >= 11 is 9.55. The first-order valence-electron chi connectivity index (χ1n) is 7.17. The number of ether oxygens (including phenoxy) is 2. The lowest BCUT2D eigenvalue weighted by molar-refractivity contribution is -0.384. The van der Waals surface area contributed by atoms with Crippen molar-refractivity contribution in [2.24, 2.45) is 17.8 Å². The van der Waals surface area contributed by atoms with E-state index in [1.165, 1.54) is 18.2 Å². The Morgan fingerprint density at radius 1 is 1.32 bits per heavy atom. The molecule has 0 N–H and O–H groups in total. The summed E-state index contributed by atoms with van der Waals surface area (Å²) in [6.07, 6.45) is -0.360. The Bertz CT molecular complexity index is 554. The van der Waals surface area contributed by atoms with Gasteiger partial charge < -0.3 is 9.47 Å². The Hall–Kier alpha value is -0.850. The highest BCUT2D eigenvalue weighted by Crippen LogP contribution is 2.38. The highest BCUT2D eigenvalue weighted by Gasteiger charge is 2.40. The van der Waals surface area contributed by atoms with Crippen molar-refractivity contribution in [3.63, 3.8) is 0 Å². The van der Waals surface area contributed by atoms with Gasteiger partial charge in [-0.3, -0.25) is 10.1 Å². The van der Waals surface area contributed by atoms with Gasteiger partial charge in [0.05, 0.1) is 16.0 Å². The minimum absolute atomic E-state index is 0.0599. The highest BCUT2D eigenvalue weighted by atomic mass is 79.9. The maximum Gasteiger partial charge on any atom is 0.271 e. The van der Waals surface area contributed by atoms with E-state index >= 15 is 0 Å². The third-order valence-corrected chi connectivity index (χ3v) is 5.44. The predicted molar refractivity (Wildman–Crippen MR) is 88.7 cm³/mol. The normalized spacial score (nSPS) is 31.8. The SMILES string of the molecule is CC1[C@H](Oc2ccc([N+](=O)[O-])cc2Cl)OC(CBr)[C@@H](C)[C@@H]1C. The lowest BCUT2D eigenvalue weighted by Crippen LogP contribution is -2.47. The van der Waals surface area contributed by atoms with Gasteiger partial charge in [0.25, 0.3) is 5.69 Å².